The monoisotopic (exact) mass is 370 g/mol. The first kappa shape index (κ1) is 17.9. The third kappa shape index (κ3) is 3.80. The van der Waals surface area contributed by atoms with Crippen LogP contribution < -0.4 is 4.90 Å². The lowest BCUT2D eigenvalue weighted by Crippen LogP contribution is -2.40. The number of hydrogen-bond acceptors (Lipinski definition) is 6. The summed E-state index contributed by atoms with van der Waals surface area (Å²) in [7, 11) is 0. The Kier molecular flexibility index (Phi) is 5.33. The van der Waals surface area contributed by atoms with E-state index in [0.29, 0.717) is 31.3 Å². The molecule has 0 saturated carbocycles. The molecule has 2 aromatic heterocycles. The first-order valence-electron chi connectivity index (χ1n) is 9.71. The van der Waals surface area contributed by atoms with Crippen LogP contribution in [0.1, 0.15) is 41.9 Å². The topological polar surface area (TPSA) is 76.4 Å². The van der Waals surface area contributed by atoms with Gasteiger partial charge in [0.25, 0.3) is 5.91 Å². The zero-order valence-electron chi connectivity index (χ0n) is 15.8. The van der Waals surface area contributed by atoms with Crippen LogP contribution in [-0.2, 0) is 11.3 Å². The highest BCUT2D eigenvalue weighted by molar-refractivity contribution is 5.93. The lowest BCUT2D eigenvalue weighted by molar-refractivity contribution is 0.0702. The van der Waals surface area contributed by atoms with Gasteiger partial charge in [0, 0.05) is 63.4 Å². The van der Waals surface area contributed by atoms with Gasteiger partial charge in [-0.1, -0.05) is 0 Å². The van der Waals surface area contributed by atoms with Crippen molar-refractivity contribution in [2.75, 3.05) is 44.3 Å². The molecule has 2 fully saturated rings. The lowest BCUT2D eigenvalue weighted by atomic mass is 9.96. The molecule has 2 aliphatic heterocycles. The van der Waals surface area contributed by atoms with Crippen LogP contribution in [0.2, 0.25) is 0 Å². The van der Waals surface area contributed by atoms with E-state index in [1.54, 1.807) is 12.4 Å². The molecule has 8 heteroatoms. The van der Waals surface area contributed by atoms with E-state index in [4.69, 9.17) is 4.74 Å². The number of amides is 1. The Balaban J connectivity index is 1.44. The molecule has 1 atom stereocenters. The van der Waals surface area contributed by atoms with E-state index >= 15 is 0 Å². The summed E-state index contributed by atoms with van der Waals surface area (Å²) < 4.78 is 7.52. The molecule has 8 nitrogen and oxygen atoms in total. The van der Waals surface area contributed by atoms with Crippen molar-refractivity contribution in [1.82, 2.24) is 24.4 Å². The minimum Gasteiger partial charge on any atom is -0.378 e. The molecule has 1 amide bonds. The number of imidazole rings is 1. The van der Waals surface area contributed by atoms with Crippen molar-refractivity contribution in [3.8, 4) is 0 Å². The molecule has 0 spiro atoms. The van der Waals surface area contributed by atoms with Crippen LogP contribution in [-0.4, -0.2) is 69.7 Å². The largest absolute Gasteiger partial charge is 0.378 e. The van der Waals surface area contributed by atoms with Crippen molar-refractivity contribution < 1.29 is 9.53 Å². The van der Waals surface area contributed by atoms with Gasteiger partial charge in [-0.2, -0.15) is 0 Å². The maximum atomic E-state index is 12.9. The zero-order valence-corrected chi connectivity index (χ0v) is 15.8. The summed E-state index contributed by atoms with van der Waals surface area (Å²) in [5.74, 6) is 2.03. The molecule has 4 rings (SSSR count). The number of aryl methyl sites for hydroxylation is 1. The second kappa shape index (κ2) is 8.04. The lowest BCUT2D eigenvalue weighted by Gasteiger charge is -2.32. The summed E-state index contributed by atoms with van der Waals surface area (Å²) in [6, 6.07) is 0. The fourth-order valence-corrected chi connectivity index (χ4v) is 3.86. The first-order valence-corrected chi connectivity index (χ1v) is 9.71. The molecular formula is C19H26N6O2. The van der Waals surface area contributed by atoms with E-state index in [9.17, 15) is 4.79 Å². The van der Waals surface area contributed by atoms with E-state index in [1.165, 1.54) is 0 Å². The van der Waals surface area contributed by atoms with Crippen LogP contribution in [0.15, 0.2) is 24.8 Å². The van der Waals surface area contributed by atoms with Gasteiger partial charge in [0.1, 0.15) is 5.82 Å². The summed E-state index contributed by atoms with van der Waals surface area (Å²) in [6.45, 7) is 7.42. The number of rotatable bonds is 4. The number of anilines is 1. The van der Waals surface area contributed by atoms with Crippen LogP contribution in [0.4, 0.5) is 5.95 Å². The van der Waals surface area contributed by atoms with Gasteiger partial charge in [-0.25, -0.2) is 15.0 Å². The fourth-order valence-electron chi connectivity index (χ4n) is 3.86. The Bertz CT molecular complexity index is 769. The highest BCUT2D eigenvalue weighted by Crippen LogP contribution is 2.26. The quantitative estimate of drug-likeness (QED) is 0.813. The molecule has 2 saturated heterocycles. The van der Waals surface area contributed by atoms with Gasteiger partial charge >= 0.3 is 0 Å². The average molecular weight is 370 g/mol. The molecule has 0 bridgehead atoms. The standard InChI is InChI=1S/C19H26N6O2/c1-2-23-7-5-20-17(23)15-4-3-6-25(14-15)18(26)16-12-21-19(22-13-16)24-8-10-27-11-9-24/h5,7,12-13,15H,2-4,6,8-11,14H2,1H3/t15-/m1/s1. The van der Waals surface area contributed by atoms with Gasteiger partial charge in [0.2, 0.25) is 5.95 Å². The van der Waals surface area contributed by atoms with Crippen LogP contribution in [0.3, 0.4) is 0 Å². The van der Waals surface area contributed by atoms with Crippen LogP contribution >= 0.6 is 0 Å². The summed E-state index contributed by atoms with van der Waals surface area (Å²) in [6.07, 6.45) is 9.20. The third-order valence-corrected chi connectivity index (χ3v) is 5.34. The predicted molar refractivity (Wildman–Crippen MR) is 101 cm³/mol. The highest BCUT2D eigenvalue weighted by Gasteiger charge is 2.28. The van der Waals surface area contributed by atoms with E-state index in [1.807, 2.05) is 17.3 Å². The molecule has 2 aromatic rings. The number of hydrogen-bond donors (Lipinski definition) is 0. The van der Waals surface area contributed by atoms with Crippen molar-refractivity contribution in [2.24, 2.45) is 0 Å². The van der Waals surface area contributed by atoms with Crippen molar-refractivity contribution in [3.05, 3.63) is 36.2 Å². The first-order chi connectivity index (χ1) is 13.3. The Hall–Kier alpha value is -2.48. The van der Waals surface area contributed by atoms with Gasteiger partial charge < -0.3 is 19.1 Å². The molecule has 4 heterocycles. The smallest absolute Gasteiger partial charge is 0.257 e. The number of carbonyl (C=O) groups excluding carboxylic acids is 1. The Morgan fingerprint density at radius 2 is 1.96 bits per heavy atom. The van der Waals surface area contributed by atoms with E-state index in [2.05, 4.69) is 31.3 Å². The fraction of sp³-hybridized carbons (Fsp3) is 0.579. The average Bonchev–Trinajstić information content (AvgIpc) is 3.23. The zero-order chi connectivity index (χ0) is 18.6. The maximum absolute atomic E-state index is 12.9. The van der Waals surface area contributed by atoms with Gasteiger partial charge in [0.15, 0.2) is 0 Å². The van der Waals surface area contributed by atoms with Gasteiger partial charge in [-0.05, 0) is 19.8 Å². The second-order valence-electron chi connectivity index (χ2n) is 7.03. The number of morpholine rings is 1. The van der Waals surface area contributed by atoms with Crippen LogP contribution in [0.5, 0.6) is 0 Å². The molecule has 0 aromatic carbocycles. The molecular weight excluding hydrogens is 344 g/mol. The Morgan fingerprint density at radius 3 is 2.70 bits per heavy atom. The minimum absolute atomic E-state index is 0.00262. The molecule has 0 aliphatic carbocycles. The van der Waals surface area contributed by atoms with Gasteiger partial charge in [0.05, 0.1) is 18.8 Å². The number of nitrogens with zero attached hydrogens (tertiary/aromatic N) is 6. The molecule has 0 unspecified atom stereocenters. The van der Waals surface area contributed by atoms with Gasteiger partial charge in [-0.3, -0.25) is 4.79 Å². The minimum atomic E-state index is 0.00262. The van der Waals surface area contributed by atoms with E-state index < -0.39 is 0 Å². The van der Waals surface area contributed by atoms with Gasteiger partial charge in [-0.15, -0.1) is 0 Å². The second-order valence-corrected chi connectivity index (χ2v) is 7.03. The molecule has 2 aliphatic rings. The number of carbonyl (C=O) groups is 1. The number of likely N-dealkylation sites (tertiary alicyclic amines) is 1. The predicted octanol–water partition coefficient (Wildman–Crippen LogP) is 1.55. The van der Waals surface area contributed by atoms with Crippen LogP contribution in [0.25, 0.3) is 0 Å². The summed E-state index contributed by atoms with van der Waals surface area (Å²) in [5.41, 5.74) is 0.548. The summed E-state index contributed by atoms with van der Waals surface area (Å²) in [5, 5.41) is 0. The molecule has 0 N–H and O–H groups in total. The molecule has 27 heavy (non-hydrogen) atoms. The van der Waals surface area contributed by atoms with E-state index in [0.717, 1.165) is 44.8 Å². The van der Waals surface area contributed by atoms with Crippen LogP contribution in [0, 0.1) is 0 Å². The third-order valence-electron chi connectivity index (χ3n) is 5.34. The van der Waals surface area contributed by atoms with Crippen molar-refractivity contribution in [1.29, 1.82) is 0 Å². The highest BCUT2D eigenvalue weighted by atomic mass is 16.5. The number of piperidine rings is 1. The molecule has 0 radical (unpaired) electrons. The summed E-state index contributed by atoms with van der Waals surface area (Å²) in [4.78, 5) is 30.3. The Morgan fingerprint density at radius 1 is 1.19 bits per heavy atom. The number of ether oxygens (including phenoxy) is 1. The SMILES string of the molecule is CCn1ccnc1[C@@H]1CCCN(C(=O)c2cnc(N3CCOCC3)nc2)C1. The molecule has 144 valence electrons. The van der Waals surface area contributed by atoms with E-state index in [-0.39, 0.29) is 11.8 Å². The van der Waals surface area contributed by atoms with Crippen molar-refractivity contribution in [2.45, 2.75) is 32.2 Å². The summed E-state index contributed by atoms with van der Waals surface area (Å²) >= 11 is 0. The normalized spacial score (nSPS) is 20.7. The Labute approximate surface area is 159 Å². The number of aromatic nitrogens is 4. The maximum Gasteiger partial charge on any atom is 0.257 e. The van der Waals surface area contributed by atoms with Crippen molar-refractivity contribution >= 4 is 11.9 Å². The van der Waals surface area contributed by atoms with Crippen molar-refractivity contribution in [3.63, 3.8) is 0 Å².